The van der Waals surface area contributed by atoms with Gasteiger partial charge in [0.1, 0.15) is 10.8 Å². The van der Waals surface area contributed by atoms with Crippen molar-refractivity contribution in [2.45, 2.75) is 0 Å². The van der Waals surface area contributed by atoms with Crippen molar-refractivity contribution in [1.82, 2.24) is 5.32 Å². The summed E-state index contributed by atoms with van der Waals surface area (Å²) >= 11 is 10.9. The number of anilines is 1. The van der Waals surface area contributed by atoms with Crippen LogP contribution >= 0.6 is 23.2 Å². The maximum Gasteiger partial charge on any atom is 0.326 e. The van der Waals surface area contributed by atoms with E-state index in [4.69, 9.17) is 23.2 Å². The molecule has 2 aromatic carbocycles. The number of halogens is 5. The molecule has 0 spiro atoms. The molecule has 2 rings (SSSR count). The summed E-state index contributed by atoms with van der Waals surface area (Å²) in [7, 11) is 0. The average molecular weight is 363 g/mol. The van der Waals surface area contributed by atoms with Crippen molar-refractivity contribution in [2.24, 2.45) is 0 Å². The molecule has 2 aromatic rings. The maximum atomic E-state index is 13.7. The monoisotopic (exact) mass is 362 g/mol. The molecule has 0 atom stereocenters. The smallest absolute Gasteiger partial charge is 0.305 e. The minimum Gasteiger partial charge on any atom is -0.305 e. The summed E-state index contributed by atoms with van der Waals surface area (Å²) < 4.78 is 40.4. The zero-order valence-corrected chi connectivity index (χ0v) is 12.6. The van der Waals surface area contributed by atoms with Crippen LogP contribution in [0.5, 0.6) is 0 Å². The molecule has 0 aliphatic rings. The van der Waals surface area contributed by atoms with Gasteiger partial charge in [0.2, 0.25) is 0 Å². The van der Waals surface area contributed by atoms with Crippen LogP contribution in [0.1, 0.15) is 10.4 Å². The van der Waals surface area contributed by atoms with E-state index in [0.29, 0.717) is 0 Å². The summed E-state index contributed by atoms with van der Waals surface area (Å²) in [4.78, 5) is 23.4. The Morgan fingerprint density at radius 1 is 1.00 bits per heavy atom. The van der Waals surface area contributed by atoms with Gasteiger partial charge in [-0.1, -0.05) is 35.3 Å². The van der Waals surface area contributed by atoms with Gasteiger partial charge in [-0.2, -0.15) is 0 Å². The molecule has 0 fully saturated rings. The molecule has 2 N–H and O–H groups in total. The van der Waals surface area contributed by atoms with Gasteiger partial charge in [-0.05, 0) is 18.2 Å². The largest absolute Gasteiger partial charge is 0.326 e. The van der Waals surface area contributed by atoms with Crippen LogP contribution in [0.3, 0.4) is 0 Å². The van der Waals surface area contributed by atoms with Crippen molar-refractivity contribution < 1.29 is 22.8 Å². The van der Waals surface area contributed by atoms with Crippen molar-refractivity contribution in [1.29, 1.82) is 0 Å². The number of nitrogens with one attached hydrogen (secondary N) is 2. The molecule has 0 aromatic heterocycles. The van der Waals surface area contributed by atoms with Crippen molar-refractivity contribution >= 4 is 40.8 Å². The van der Waals surface area contributed by atoms with E-state index < -0.39 is 45.1 Å². The molecule has 0 aliphatic carbocycles. The molecular formula is C14H7Cl2F3N2O2. The first-order valence-electron chi connectivity index (χ1n) is 6.01. The number of carbonyl (C=O) groups is 2. The van der Waals surface area contributed by atoms with Gasteiger partial charge in [-0.3, -0.25) is 10.1 Å². The highest BCUT2D eigenvalue weighted by atomic mass is 35.5. The van der Waals surface area contributed by atoms with E-state index in [9.17, 15) is 22.8 Å². The molecule has 23 heavy (non-hydrogen) atoms. The van der Waals surface area contributed by atoms with Gasteiger partial charge in [0, 0.05) is 0 Å². The van der Waals surface area contributed by atoms with Crippen LogP contribution < -0.4 is 10.6 Å². The number of hydrogen-bond donors (Lipinski definition) is 2. The minimum atomic E-state index is -1.26. The lowest BCUT2D eigenvalue weighted by molar-refractivity contribution is 0.0963. The number of imide groups is 1. The predicted molar refractivity (Wildman–Crippen MR) is 79.3 cm³/mol. The summed E-state index contributed by atoms with van der Waals surface area (Å²) in [6, 6.07) is 4.57. The summed E-state index contributed by atoms with van der Waals surface area (Å²) in [5, 5.41) is 2.30. The van der Waals surface area contributed by atoms with E-state index in [0.717, 1.165) is 18.2 Å². The van der Waals surface area contributed by atoms with Crippen LogP contribution in [0.15, 0.2) is 30.3 Å². The van der Waals surface area contributed by atoms with Gasteiger partial charge in [-0.15, -0.1) is 0 Å². The lowest BCUT2D eigenvalue weighted by Gasteiger charge is -2.10. The number of amides is 3. The Hall–Kier alpha value is -2.25. The molecule has 0 bridgehead atoms. The zero-order chi connectivity index (χ0) is 17.1. The Morgan fingerprint density at radius 3 is 2.30 bits per heavy atom. The number of hydrogen-bond acceptors (Lipinski definition) is 2. The molecule has 0 aliphatic heterocycles. The second-order valence-corrected chi connectivity index (χ2v) is 5.02. The summed E-state index contributed by atoms with van der Waals surface area (Å²) in [5.74, 6) is -4.32. The first-order chi connectivity index (χ1) is 10.8. The first-order valence-corrected chi connectivity index (χ1v) is 6.76. The SMILES string of the molecule is O=C(NC(=O)c1ccccc1F)Nc1cc(Cl)c(F)c(Cl)c1F. The molecule has 0 saturated heterocycles. The molecular weight excluding hydrogens is 356 g/mol. The standard InChI is InChI=1S/C14H7Cl2F3N2O2/c15-7-5-9(12(19)10(16)11(7)18)20-14(23)21-13(22)6-3-1-2-4-8(6)17/h1-5H,(H2,20,21,22,23). The first kappa shape index (κ1) is 17.1. The molecule has 0 radical (unpaired) electrons. The fraction of sp³-hybridized carbons (Fsp3) is 0. The van der Waals surface area contributed by atoms with Crippen molar-refractivity contribution in [2.75, 3.05) is 5.32 Å². The van der Waals surface area contributed by atoms with Crippen LogP contribution in [0.4, 0.5) is 23.7 Å². The lowest BCUT2D eigenvalue weighted by atomic mass is 10.2. The second kappa shape index (κ2) is 6.89. The summed E-state index contributed by atoms with van der Waals surface area (Å²) in [6.07, 6.45) is 0. The van der Waals surface area contributed by atoms with Crippen molar-refractivity contribution in [3.63, 3.8) is 0 Å². The Bertz CT molecular complexity index is 800. The number of rotatable bonds is 2. The molecule has 0 heterocycles. The van der Waals surface area contributed by atoms with Gasteiger partial charge in [0.15, 0.2) is 11.6 Å². The second-order valence-electron chi connectivity index (χ2n) is 4.24. The van der Waals surface area contributed by atoms with Crippen LogP contribution in [-0.4, -0.2) is 11.9 Å². The molecule has 4 nitrogen and oxygen atoms in total. The maximum absolute atomic E-state index is 13.7. The van der Waals surface area contributed by atoms with Gasteiger partial charge in [0.05, 0.1) is 16.3 Å². The van der Waals surface area contributed by atoms with E-state index >= 15 is 0 Å². The zero-order valence-electron chi connectivity index (χ0n) is 11.1. The van der Waals surface area contributed by atoms with Crippen LogP contribution in [0.2, 0.25) is 10.0 Å². The Labute approximate surface area is 138 Å². The summed E-state index contributed by atoms with van der Waals surface area (Å²) in [6.45, 7) is 0. The Balaban J connectivity index is 2.15. The molecule has 0 saturated carbocycles. The third kappa shape index (κ3) is 3.75. The fourth-order valence-corrected chi connectivity index (χ4v) is 2.09. The van der Waals surface area contributed by atoms with Crippen LogP contribution in [-0.2, 0) is 0 Å². The summed E-state index contributed by atoms with van der Waals surface area (Å²) in [5.41, 5.74) is -0.918. The van der Waals surface area contributed by atoms with Crippen LogP contribution in [0, 0.1) is 17.5 Å². The molecule has 9 heteroatoms. The molecule has 0 unspecified atom stereocenters. The van der Waals surface area contributed by atoms with Crippen molar-refractivity contribution in [3.05, 3.63) is 63.4 Å². The number of benzene rings is 2. The highest BCUT2D eigenvalue weighted by Gasteiger charge is 2.19. The highest BCUT2D eigenvalue weighted by molar-refractivity contribution is 6.35. The quantitative estimate of drug-likeness (QED) is 0.615. The van der Waals surface area contributed by atoms with Gasteiger partial charge in [0.25, 0.3) is 5.91 Å². The van der Waals surface area contributed by atoms with E-state index in [2.05, 4.69) is 0 Å². The normalized spacial score (nSPS) is 10.3. The third-order valence-electron chi connectivity index (χ3n) is 2.70. The minimum absolute atomic E-state index is 0.377. The van der Waals surface area contributed by atoms with E-state index in [1.807, 2.05) is 5.32 Å². The van der Waals surface area contributed by atoms with E-state index in [1.165, 1.54) is 12.1 Å². The van der Waals surface area contributed by atoms with E-state index in [1.54, 1.807) is 5.32 Å². The van der Waals surface area contributed by atoms with Crippen LogP contribution in [0.25, 0.3) is 0 Å². The number of carbonyl (C=O) groups excluding carboxylic acids is 2. The predicted octanol–water partition coefficient (Wildman–Crippen LogP) is 4.37. The Kier molecular flexibility index (Phi) is 5.12. The lowest BCUT2D eigenvalue weighted by Crippen LogP contribution is -2.35. The number of urea groups is 1. The van der Waals surface area contributed by atoms with Crippen molar-refractivity contribution in [3.8, 4) is 0 Å². The Morgan fingerprint density at radius 2 is 1.65 bits per heavy atom. The molecule has 3 amide bonds. The van der Waals surface area contributed by atoms with Gasteiger partial charge < -0.3 is 5.32 Å². The highest BCUT2D eigenvalue weighted by Crippen LogP contribution is 2.31. The average Bonchev–Trinajstić information content (AvgIpc) is 2.50. The van der Waals surface area contributed by atoms with Gasteiger partial charge >= 0.3 is 6.03 Å². The van der Waals surface area contributed by atoms with Gasteiger partial charge in [-0.25, -0.2) is 18.0 Å². The third-order valence-corrected chi connectivity index (χ3v) is 3.30. The fourth-order valence-electron chi connectivity index (χ4n) is 1.63. The topological polar surface area (TPSA) is 58.2 Å². The molecule has 120 valence electrons. The van der Waals surface area contributed by atoms with E-state index in [-0.39, 0.29) is 5.56 Å².